The largest absolute Gasteiger partial charge is 0.398 e. The van der Waals surface area contributed by atoms with Crippen molar-refractivity contribution in [1.82, 2.24) is 4.90 Å². The zero-order valence-electron chi connectivity index (χ0n) is 10.5. The zero-order chi connectivity index (χ0) is 13.3. The van der Waals surface area contributed by atoms with Crippen molar-refractivity contribution < 1.29 is 9.59 Å². The molecule has 0 aromatic heterocycles. The van der Waals surface area contributed by atoms with Gasteiger partial charge in [0.2, 0.25) is 11.8 Å². The van der Waals surface area contributed by atoms with Crippen LogP contribution in [0.2, 0.25) is 0 Å². The summed E-state index contributed by atoms with van der Waals surface area (Å²) in [5, 5.41) is -0.332. The fourth-order valence-electron chi connectivity index (χ4n) is 1.99. The summed E-state index contributed by atoms with van der Waals surface area (Å²) in [5.41, 5.74) is 7.66. The van der Waals surface area contributed by atoms with Crippen molar-refractivity contribution in [3.05, 3.63) is 23.8 Å². The minimum absolute atomic E-state index is 0.0915. The summed E-state index contributed by atoms with van der Waals surface area (Å²) in [7, 11) is 0. The normalized spacial score (nSPS) is 19.7. The molecule has 0 bridgehead atoms. The summed E-state index contributed by atoms with van der Waals surface area (Å²) in [6, 6.07) is 5.73. The molecule has 5 heteroatoms. The molecule has 1 aliphatic rings. The molecule has 0 spiro atoms. The molecule has 0 radical (unpaired) electrons. The van der Waals surface area contributed by atoms with Gasteiger partial charge in [-0.15, -0.1) is 11.8 Å². The van der Waals surface area contributed by atoms with Crippen molar-refractivity contribution >= 4 is 29.3 Å². The van der Waals surface area contributed by atoms with Gasteiger partial charge in [-0.1, -0.05) is 12.1 Å². The molecule has 1 aromatic carbocycles. The van der Waals surface area contributed by atoms with Crippen LogP contribution in [-0.4, -0.2) is 28.5 Å². The number of nitrogens with zero attached hydrogens (tertiary/aromatic N) is 1. The summed E-state index contributed by atoms with van der Waals surface area (Å²) in [6.45, 7) is 4.18. The number of imide groups is 1. The Kier molecular flexibility index (Phi) is 3.61. The van der Waals surface area contributed by atoms with Crippen LogP contribution in [0.15, 0.2) is 23.1 Å². The van der Waals surface area contributed by atoms with E-state index in [1.54, 1.807) is 0 Å². The van der Waals surface area contributed by atoms with E-state index in [1.165, 1.54) is 16.7 Å². The molecule has 2 amide bonds. The summed E-state index contributed by atoms with van der Waals surface area (Å²) in [5.74, 6) is -0.195. The van der Waals surface area contributed by atoms with E-state index in [4.69, 9.17) is 5.73 Å². The highest BCUT2D eigenvalue weighted by Crippen LogP contribution is 2.35. The van der Waals surface area contributed by atoms with Gasteiger partial charge in [0, 0.05) is 23.5 Å². The van der Waals surface area contributed by atoms with Gasteiger partial charge in [0.15, 0.2) is 0 Å². The molecule has 18 heavy (non-hydrogen) atoms. The number of carbonyl (C=O) groups excluding carboxylic acids is 2. The Hall–Kier alpha value is -1.49. The van der Waals surface area contributed by atoms with Gasteiger partial charge in [0.1, 0.15) is 0 Å². The van der Waals surface area contributed by atoms with Gasteiger partial charge in [0.05, 0.1) is 5.25 Å². The zero-order valence-corrected chi connectivity index (χ0v) is 11.3. The lowest BCUT2D eigenvalue weighted by Crippen LogP contribution is -2.30. The number of nitrogen functional groups attached to an aromatic ring is 1. The van der Waals surface area contributed by atoms with Gasteiger partial charge >= 0.3 is 0 Å². The predicted octanol–water partition coefficient (Wildman–Crippen LogP) is 1.82. The topological polar surface area (TPSA) is 63.4 Å². The minimum Gasteiger partial charge on any atom is -0.398 e. The van der Waals surface area contributed by atoms with E-state index in [9.17, 15) is 9.59 Å². The first-order valence-electron chi connectivity index (χ1n) is 5.90. The van der Waals surface area contributed by atoms with Crippen LogP contribution in [0.25, 0.3) is 0 Å². The van der Waals surface area contributed by atoms with Gasteiger partial charge in [-0.25, -0.2) is 0 Å². The van der Waals surface area contributed by atoms with Crippen LogP contribution in [0.4, 0.5) is 5.69 Å². The molecule has 2 N–H and O–H groups in total. The third kappa shape index (κ3) is 2.22. The first-order chi connectivity index (χ1) is 8.54. The maximum atomic E-state index is 12.0. The molecule has 1 aromatic rings. The molecule has 1 fully saturated rings. The van der Waals surface area contributed by atoms with Gasteiger partial charge in [-0.2, -0.15) is 0 Å². The number of aryl methyl sites for hydroxylation is 1. The molecule has 0 aliphatic carbocycles. The van der Waals surface area contributed by atoms with Crippen LogP contribution in [0.5, 0.6) is 0 Å². The van der Waals surface area contributed by atoms with E-state index in [-0.39, 0.29) is 23.5 Å². The second kappa shape index (κ2) is 5.02. The average molecular weight is 264 g/mol. The summed E-state index contributed by atoms with van der Waals surface area (Å²) in [4.78, 5) is 25.8. The van der Waals surface area contributed by atoms with Crippen LogP contribution >= 0.6 is 11.8 Å². The maximum absolute atomic E-state index is 12.0. The number of benzene rings is 1. The maximum Gasteiger partial charge on any atom is 0.243 e. The van der Waals surface area contributed by atoms with Crippen LogP contribution in [0.1, 0.15) is 18.9 Å². The van der Waals surface area contributed by atoms with Crippen LogP contribution in [0.3, 0.4) is 0 Å². The van der Waals surface area contributed by atoms with Crippen LogP contribution < -0.4 is 5.73 Å². The number of likely N-dealkylation sites (tertiary alicyclic amines) is 1. The lowest BCUT2D eigenvalue weighted by atomic mass is 10.2. The average Bonchev–Trinajstić information content (AvgIpc) is 2.60. The molecule has 0 saturated carbocycles. The standard InChI is InChI=1S/C13H16N2O2S/c1-3-15-11(16)7-10(13(15)17)18-9-6-4-5-8(2)12(9)14/h4-6,10H,3,7,14H2,1-2H3. The lowest BCUT2D eigenvalue weighted by Gasteiger charge is -2.13. The van der Waals surface area contributed by atoms with E-state index in [1.807, 2.05) is 32.0 Å². The number of nitrogens with two attached hydrogens (primary N) is 1. The highest BCUT2D eigenvalue weighted by atomic mass is 32.2. The molecule has 1 unspecified atom stereocenters. The van der Waals surface area contributed by atoms with Crippen molar-refractivity contribution in [3.8, 4) is 0 Å². The molecule has 4 nitrogen and oxygen atoms in total. The van der Waals surface area contributed by atoms with E-state index in [0.717, 1.165) is 10.5 Å². The third-order valence-electron chi connectivity index (χ3n) is 3.07. The van der Waals surface area contributed by atoms with E-state index >= 15 is 0 Å². The fourth-order valence-corrected chi connectivity index (χ4v) is 3.19. The van der Waals surface area contributed by atoms with Gasteiger partial charge in [0.25, 0.3) is 0 Å². The van der Waals surface area contributed by atoms with Crippen molar-refractivity contribution in [2.24, 2.45) is 0 Å². The van der Waals surface area contributed by atoms with Crippen molar-refractivity contribution in [1.29, 1.82) is 0 Å². The number of rotatable bonds is 3. The Bertz CT molecular complexity index is 502. The van der Waals surface area contributed by atoms with E-state index in [2.05, 4.69) is 0 Å². The summed E-state index contributed by atoms with van der Waals surface area (Å²) in [6.07, 6.45) is 0.269. The van der Waals surface area contributed by atoms with E-state index < -0.39 is 0 Å². The Labute approximate surface area is 111 Å². The molecule has 1 aliphatic heterocycles. The quantitative estimate of drug-likeness (QED) is 0.668. The first-order valence-corrected chi connectivity index (χ1v) is 6.78. The number of hydrogen-bond acceptors (Lipinski definition) is 4. The SMILES string of the molecule is CCN1C(=O)CC(Sc2cccc(C)c2N)C1=O. The molecule has 1 heterocycles. The van der Waals surface area contributed by atoms with Gasteiger partial charge in [-0.05, 0) is 25.5 Å². The predicted molar refractivity (Wildman–Crippen MR) is 72.2 cm³/mol. The number of thioether (sulfide) groups is 1. The van der Waals surface area contributed by atoms with Gasteiger partial charge in [-0.3, -0.25) is 14.5 Å². The number of amides is 2. The van der Waals surface area contributed by atoms with E-state index in [0.29, 0.717) is 12.2 Å². The molecule has 96 valence electrons. The van der Waals surface area contributed by atoms with Crippen LogP contribution in [-0.2, 0) is 9.59 Å². The Balaban J connectivity index is 2.18. The van der Waals surface area contributed by atoms with Crippen molar-refractivity contribution in [2.45, 2.75) is 30.4 Å². The fraction of sp³-hybridized carbons (Fsp3) is 0.385. The molecule has 1 atom stereocenters. The second-order valence-corrected chi connectivity index (χ2v) is 5.52. The summed E-state index contributed by atoms with van der Waals surface area (Å²) >= 11 is 1.39. The Morgan fingerprint density at radius 1 is 1.44 bits per heavy atom. The number of anilines is 1. The molecule has 1 saturated heterocycles. The monoisotopic (exact) mass is 264 g/mol. The molecular formula is C13H16N2O2S. The smallest absolute Gasteiger partial charge is 0.243 e. The van der Waals surface area contributed by atoms with Crippen molar-refractivity contribution in [2.75, 3.05) is 12.3 Å². The summed E-state index contributed by atoms with van der Waals surface area (Å²) < 4.78 is 0. The first kappa shape index (κ1) is 13.0. The number of hydrogen-bond donors (Lipinski definition) is 1. The number of carbonyl (C=O) groups is 2. The highest BCUT2D eigenvalue weighted by Gasteiger charge is 2.38. The van der Waals surface area contributed by atoms with Crippen molar-refractivity contribution in [3.63, 3.8) is 0 Å². The van der Waals surface area contributed by atoms with Crippen LogP contribution in [0, 0.1) is 6.92 Å². The minimum atomic E-state index is -0.332. The second-order valence-electron chi connectivity index (χ2n) is 4.27. The third-order valence-corrected chi connectivity index (χ3v) is 4.33. The highest BCUT2D eigenvalue weighted by molar-refractivity contribution is 8.00. The van der Waals surface area contributed by atoms with Gasteiger partial charge < -0.3 is 5.73 Å². The Morgan fingerprint density at radius 3 is 2.78 bits per heavy atom. The lowest BCUT2D eigenvalue weighted by molar-refractivity contribution is -0.137. The number of para-hydroxylation sites is 1. The molecule has 2 rings (SSSR count). The Morgan fingerprint density at radius 2 is 2.17 bits per heavy atom. The molecular weight excluding hydrogens is 248 g/mol.